The van der Waals surface area contributed by atoms with Gasteiger partial charge in [-0.1, -0.05) is 30.3 Å². The standard InChI is InChI=1S/C21H23NO3S/c23-20(22-12-10-17(11-13-22)21-24-14-15-25-21)9-7-18-6-8-19(26-18)16-4-2-1-3-5-16/h1-9,17,21H,10-15H2/b9-7+. The Morgan fingerprint density at radius 2 is 1.77 bits per heavy atom. The second kappa shape index (κ2) is 8.16. The number of rotatable bonds is 4. The summed E-state index contributed by atoms with van der Waals surface area (Å²) in [5.41, 5.74) is 1.21. The summed E-state index contributed by atoms with van der Waals surface area (Å²) in [5, 5.41) is 0. The third-order valence-corrected chi connectivity index (χ3v) is 6.06. The van der Waals surface area contributed by atoms with E-state index in [1.165, 1.54) is 10.4 Å². The predicted molar refractivity (Wildman–Crippen MR) is 104 cm³/mol. The Bertz CT molecular complexity index is 757. The van der Waals surface area contributed by atoms with E-state index in [0.29, 0.717) is 19.1 Å². The van der Waals surface area contributed by atoms with Crippen molar-refractivity contribution in [3.63, 3.8) is 0 Å². The van der Waals surface area contributed by atoms with Gasteiger partial charge in [-0.2, -0.15) is 0 Å². The van der Waals surface area contributed by atoms with Crippen molar-refractivity contribution < 1.29 is 14.3 Å². The molecule has 5 heteroatoms. The molecule has 2 aliphatic rings. The smallest absolute Gasteiger partial charge is 0.246 e. The lowest BCUT2D eigenvalue weighted by molar-refractivity contribution is -0.131. The lowest BCUT2D eigenvalue weighted by Gasteiger charge is -2.33. The van der Waals surface area contributed by atoms with Crippen molar-refractivity contribution in [1.29, 1.82) is 0 Å². The molecule has 1 amide bonds. The highest BCUT2D eigenvalue weighted by Crippen LogP contribution is 2.29. The Morgan fingerprint density at radius 3 is 2.50 bits per heavy atom. The van der Waals surface area contributed by atoms with Crippen LogP contribution in [0.15, 0.2) is 48.5 Å². The first-order chi connectivity index (χ1) is 12.8. The Hall–Kier alpha value is -1.95. The van der Waals surface area contributed by atoms with Crippen molar-refractivity contribution >= 4 is 23.3 Å². The molecule has 0 unspecified atom stereocenters. The number of carbonyl (C=O) groups excluding carboxylic acids is 1. The molecule has 136 valence electrons. The minimum atomic E-state index is -0.0645. The third-order valence-electron chi connectivity index (χ3n) is 4.96. The number of ether oxygens (including phenoxy) is 2. The maximum atomic E-state index is 12.5. The number of benzene rings is 1. The van der Waals surface area contributed by atoms with Crippen molar-refractivity contribution in [2.75, 3.05) is 26.3 Å². The molecule has 0 saturated carbocycles. The molecule has 0 N–H and O–H groups in total. The average molecular weight is 369 g/mol. The minimum Gasteiger partial charge on any atom is -0.350 e. The molecular formula is C21H23NO3S. The van der Waals surface area contributed by atoms with Gasteiger partial charge in [0.05, 0.1) is 13.2 Å². The van der Waals surface area contributed by atoms with Crippen molar-refractivity contribution in [2.45, 2.75) is 19.1 Å². The molecule has 1 aromatic carbocycles. The van der Waals surface area contributed by atoms with E-state index in [1.807, 2.05) is 29.2 Å². The highest BCUT2D eigenvalue weighted by atomic mass is 32.1. The molecule has 1 aromatic heterocycles. The van der Waals surface area contributed by atoms with Gasteiger partial charge in [0.2, 0.25) is 5.91 Å². The average Bonchev–Trinajstić information content (AvgIpc) is 3.39. The van der Waals surface area contributed by atoms with Crippen LogP contribution in [0.3, 0.4) is 0 Å². The van der Waals surface area contributed by atoms with E-state index in [2.05, 4.69) is 24.3 Å². The Labute approximate surface area is 158 Å². The zero-order chi connectivity index (χ0) is 17.8. The molecule has 2 aromatic rings. The van der Waals surface area contributed by atoms with Crippen LogP contribution in [0.4, 0.5) is 0 Å². The Kier molecular flexibility index (Phi) is 5.48. The number of carbonyl (C=O) groups is 1. The zero-order valence-electron chi connectivity index (χ0n) is 14.7. The fraction of sp³-hybridized carbons (Fsp3) is 0.381. The topological polar surface area (TPSA) is 38.8 Å². The van der Waals surface area contributed by atoms with Gasteiger partial charge >= 0.3 is 0 Å². The molecule has 2 aliphatic heterocycles. The van der Waals surface area contributed by atoms with E-state index in [-0.39, 0.29) is 12.2 Å². The van der Waals surface area contributed by atoms with E-state index in [9.17, 15) is 4.79 Å². The third kappa shape index (κ3) is 4.06. The van der Waals surface area contributed by atoms with Gasteiger partial charge in [0.25, 0.3) is 0 Å². The van der Waals surface area contributed by atoms with E-state index in [4.69, 9.17) is 9.47 Å². The number of hydrogen-bond acceptors (Lipinski definition) is 4. The largest absolute Gasteiger partial charge is 0.350 e. The maximum Gasteiger partial charge on any atom is 0.246 e. The van der Waals surface area contributed by atoms with Crippen LogP contribution in [0, 0.1) is 5.92 Å². The quantitative estimate of drug-likeness (QED) is 0.764. The molecule has 0 aliphatic carbocycles. The summed E-state index contributed by atoms with van der Waals surface area (Å²) in [4.78, 5) is 16.7. The van der Waals surface area contributed by atoms with Crippen LogP contribution in [0.2, 0.25) is 0 Å². The van der Waals surface area contributed by atoms with Crippen LogP contribution < -0.4 is 0 Å². The van der Waals surface area contributed by atoms with Gasteiger partial charge in [-0.15, -0.1) is 11.3 Å². The summed E-state index contributed by atoms with van der Waals surface area (Å²) < 4.78 is 11.2. The number of likely N-dealkylation sites (tertiary alicyclic amines) is 1. The molecule has 26 heavy (non-hydrogen) atoms. The molecule has 0 spiro atoms. The van der Waals surface area contributed by atoms with Crippen LogP contribution in [-0.2, 0) is 14.3 Å². The zero-order valence-corrected chi connectivity index (χ0v) is 15.5. The van der Waals surface area contributed by atoms with E-state index in [0.717, 1.165) is 30.8 Å². The van der Waals surface area contributed by atoms with Gasteiger partial charge in [0.15, 0.2) is 6.29 Å². The summed E-state index contributed by atoms with van der Waals surface area (Å²) in [6, 6.07) is 14.5. The van der Waals surface area contributed by atoms with Gasteiger partial charge in [0.1, 0.15) is 0 Å². The fourth-order valence-electron chi connectivity index (χ4n) is 3.50. The Balaban J connectivity index is 1.31. The van der Waals surface area contributed by atoms with Crippen LogP contribution in [0.1, 0.15) is 17.7 Å². The summed E-state index contributed by atoms with van der Waals surface area (Å²) in [7, 11) is 0. The number of hydrogen-bond donors (Lipinski definition) is 0. The summed E-state index contributed by atoms with van der Waals surface area (Å²) in [6.45, 7) is 2.93. The second-order valence-electron chi connectivity index (χ2n) is 6.67. The van der Waals surface area contributed by atoms with Crippen molar-refractivity contribution in [3.05, 3.63) is 53.4 Å². The monoisotopic (exact) mass is 369 g/mol. The molecule has 0 bridgehead atoms. The number of piperidine rings is 1. The minimum absolute atomic E-state index is 0.0645. The first-order valence-corrected chi connectivity index (χ1v) is 9.97. The van der Waals surface area contributed by atoms with Gasteiger partial charge in [-0.25, -0.2) is 0 Å². The van der Waals surface area contributed by atoms with Gasteiger partial charge in [0, 0.05) is 34.8 Å². The molecular weight excluding hydrogens is 346 g/mol. The predicted octanol–water partition coefficient (Wildman–Crippen LogP) is 4.04. The van der Waals surface area contributed by atoms with E-state index >= 15 is 0 Å². The van der Waals surface area contributed by atoms with E-state index in [1.54, 1.807) is 17.4 Å². The van der Waals surface area contributed by atoms with Crippen molar-refractivity contribution in [2.24, 2.45) is 5.92 Å². The first kappa shape index (κ1) is 17.5. The van der Waals surface area contributed by atoms with Gasteiger partial charge in [-0.05, 0) is 36.6 Å². The van der Waals surface area contributed by atoms with Crippen molar-refractivity contribution in [3.8, 4) is 10.4 Å². The fourth-order valence-corrected chi connectivity index (χ4v) is 4.42. The van der Waals surface area contributed by atoms with Gasteiger partial charge in [-0.3, -0.25) is 4.79 Å². The highest BCUT2D eigenvalue weighted by molar-refractivity contribution is 7.16. The number of thiophene rings is 1. The summed E-state index contributed by atoms with van der Waals surface area (Å²) >= 11 is 1.70. The second-order valence-corrected chi connectivity index (χ2v) is 7.79. The number of amides is 1. The van der Waals surface area contributed by atoms with E-state index < -0.39 is 0 Å². The van der Waals surface area contributed by atoms with Crippen LogP contribution >= 0.6 is 11.3 Å². The van der Waals surface area contributed by atoms with Crippen LogP contribution in [0.5, 0.6) is 0 Å². The van der Waals surface area contributed by atoms with Crippen LogP contribution in [-0.4, -0.2) is 43.4 Å². The summed E-state index contributed by atoms with van der Waals surface area (Å²) in [5.74, 6) is 0.502. The highest BCUT2D eigenvalue weighted by Gasteiger charge is 2.31. The lowest BCUT2D eigenvalue weighted by Crippen LogP contribution is -2.40. The lowest BCUT2D eigenvalue weighted by atomic mass is 9.96. The SMILES string of the molecule is O=C(/C=C/c1ccc(-c2ccccc2)s1)N1CCC(C2OCCO2)CC1. The van der Waals surface area contributed by atoms with Crippen molar-refractivity contribution in [1.82, 2.24) is 4.90 Å². The van der Waals surface area contributed by atoms with Crippen LogP contribution in [0.25, 0.3) is 16.5 Å². The Morgan fingerprint density at radius 1 is 1.04 bits per heavy atom. The molecule has 2 saturated heterocycles. The molecule has 3 heterocycles. The molecule has 0 radical (unpaired) electrons. The maximum absolute atomic E-state index is 12.5. The summed E-state index contributed by atoms with van der Waals surface area (Å²) in [6.07, 6.45) is 5.45. The van der Waals surface area contributed by atoms with Gasteiger partial charge < -0.3 is 14.4 Å². The molecule has 2 fully saturated rings. The first-order valence-electron chi connectivity index (χ1n) is 9.15. The molecule has 4 rings (SSSR count). The normalized spacial score (nSPS) is 19.5. The molecule has 0 atom stereocenters. The molecule has 4 nitrogen and oxygen atoms in total. The number of nitrogens with zero attached hydrogens (tertiary/aromatic N) is 1.